The Morgan fingerprint density at radius 1 is 1.15 bits per heavy atom. The molecule has 0 radical (unpaired) electrons. The van der Waals surface area contributed by atoms with Crippen LogP contribution in [0, 0.1) is 0 Å². The third-order valence-electron chi connectivity index (χ3n) is 4.63. The predicted octanol–water partition coefficient (Wildman–Crippen LogP) is 1.40. The van der Waals surface area contributed by atoms with Crippen molar-refractivity contribution in [2.45, 2.75) is 6.42 Å². The highest BCUT2D eigenvalue weighted by Crippen LogP contribution is 2.12. The highest BCUT2D eigenvalue weighted by Gasteiger charge is 2.24. The Labute approximate surface area is 158 Å². The van der Waals surface area contributed by atoms with Crippen molar-refractivity contribution in [1.29, 1.82) is 0 Å². The second-order valence-electron chi connectivity index (χ2n) is 6.50. The minimum atomic E-state index is -0.0950. The number of carbonyl (C=O) groups is 2. The molecule has 1 aromatic heterocycles. The molecule has 2 heterocycles. The molecule has 2 amide bonds. The number of benzene rings is 1. The minimum Gasteiger partial charge on any atom is -0.497 e. The number of hydrogen-bond donors (Lipinski definition) is 1. The van der Waals surface area contributed by atoms with Gasteiger partial charge in [0.25, 0.3) is 5.91 Å². The van der Waals surface area contributed by atoms with Gasteiger partial charge in [-0.15, -0.1) is 0 Å². The zero-order valence-corrected chi connectivity index (χ0v) is 15.5. The van der Waals surface area contributed by atoms with Crippen molar-refractivity contribution >= 4 is 11.8 Å². The van der Waals surface area contributed by atoms with Crippen molar-refractivity contribution in [1.82, 2.24) is 15.1 Å². The molecule has 1 aliphatic rings. The largest absolute Gasteiger partial charge is 0.497 e. The Hall–Kier alpha value is -2.80. The van der Waals surface area contributed by atoms with Gasteiger partial charge in [-0.25, -0.2) is 0 Å². The molecule has 3 rings (SSSR count). The third-order valence-corrected chi connectivity index (χ3v) is 4.63. The average Bonchev–Trinajstić information content (AvgIpc) is 3.23. The van der Waals surface area contributed by atoms with Crippen LogP contribution in [0.1, 0.15) is 16.1 Å². The van der Waals surface area contributed by atoms with Gasteiger partial charge in [0, 0.05) is 32.7 Å². The van der Waals surface area contributed by atoms with Crippen LogP contribution in [0.5, 0.6) is 5.75 Å². The Morgan fingerprint density at radius 3 is 2.67 bits per heavy atom. The molecule has 2 aromatic rings. The van der Waals surface area contributed by atoms with Crippen LogP contribution in [0.15, 0.2) is 47.1 Å². The predicted molar refractivity (Wildman–Crippen MR) is 101 cm³/mol. The fraction of sp³-hybridized carbons (Fsp3) is 0.400. The average molecular weight is 371 g/mol. The molecule has 0 unspecified atom stereocenters. The molecule has 7 nitrogen and oxygen atoms in total. The quantitative estimate of drug-likeness (QED) is 0.796. The fourth-order valence-electron chi connectivity index (χ4n) is 3.10. The van der Waals surface area contributed by atoms with Crippen LogP contribution in [0.2, 0.25) is 0 Å². The Balaban J connectivity index is 1.36. The summed E-state index contributed by atoms with van der Waals surface area (Å²) >= 11 is 0. The molecule has 1 aliphatic heterocycles. The van der Waals surface area contributed by atoms with Crippen molar-refractivity contribution in [3.8, 4) is 5.75 Å². The Kier molecular flexibility index (Phi) is 6.49. The van der Waals surface area contributed by atoms with E-state index in [0.29, 0.717) is 45.0 Å². The fourth-order valence-corrected chi connectivity index (χ4v) is 3.10. The van der Waals surface area contributed by atoms with E-state index in [1.807, 2.05) is 24.3 Å². The van der Waals surface area contributed by atoms with Gasteiger partial charge in [-0.1, -0.05) is 12.1 Å². The van der Waals surface area contributed by atoms with Crippen LogP contribution < -0.4 is 10.1 Å². The second kappa shape index (κ2) is 9.23. The molecule has 0 spiro atoms. The maximum atomic E-state index is 12.2. The summed E-state index contributed by atoms with van der Waals surface area (Å²) in [6.45, 7) is 3.47. The molecular formula is C20H25N3O4. The van der Waals surface area contributed by atoms with Crippen molar-refractivity contribution in [2.24, 2.45) is 0 Å². The number of furan rings is 1. The molecule has 7 heteroatoms. The maximum Gasteiger partial charge on any atom is 0.289 e. The Bertz CT molecular complexity index is 752. The molecule has 0 bridgehead atoms. The van der Waals surface area contributed by atoms with Crippen LogP contribution in [-0.4, -0.2) is 68.0 Å². The van der Waals surface area contributed by atoms with E-state index in [1.54, 1.807) is 24.1 Å². The van der Waals surface area contributed by atoms with Crippen molar-refractivity contribution in [2.75, 3.05) is 46.4 Å². The van der Waals surface area contributed by atoms with E-state index in [-0.39, 0.29) is 11.8 Å². The first-order valence-corrected chi connectivity index (χ1v) is 9.10. The number of ether oxygens (including phenoxy) is 1. The standard InChI is InChI=1S/C20H25N3O4/c1-26-17-5-2-4-16(14-17)7-8-21-19(24)15-22-9-11-23(12-10-22)20(25)18-6-3-13-27-18/h2-6,13-14H,7-12,15H2,1H3,(H,21,24). The first kappa shape index (κ1) is 19.0. The molecule has 0 aliphatic carbocycles. The maximum absolute atomic E-state index is 12.2. The number of carbonyl (C=O) groups excluding carboxylic acids is 2. The molecule has 27 heavy (non-hydrogen) atoms. The lowest BCUT2D eigenvalue weighted by molar-refractivity contribution is -0.122. The monoisotopic (exact) mass is 371 g/mol. The van der Waals surface area contributed by atoms with E-state index < -0.39 is 0 Å². The second-order valence-corrected chi connectivity index (χ2v) is 6.50. The highest BCUT2D eigenvalue weighted by atomic mass is 16.5. The SMILES string of the molecule is COc1cccc(CCNC(=O)CN2CCN(C(=O)c3ccco3)CC2)c1. The van der Waals surface area contributed by atoms with Crippen molar-refractivity contribution < 1.29 is 18.7 Å². The van der Waals surface area contributed by atoms with Gasteiger partial charge in [-0.05, 0) is 36.2 Å². The van der Waals surface area contributed by atoms with Crippen LogP contribution >= 0.6 is 0 Å². The number of nitrogens with zero attached hydrogens (tertiary/aromatic N) is 2. The summed E-state index contributed by atoms with van der Waals surface area (Å²) in [5.41, 5.74) is 1.12. The van der Waals surface area contributed by atoms with E-state index in [4.69, 9.17) is 9.15 Å². The van der Waals surface area contributed by atoms with Crippen molar-refractivity contribution in [3.05, 3.63) is 54.0 Å². The third kappa shape index (κ3) is 5.34. The smallest absolute Gasteiger partial charge is 0.289 e. The van der Waals surface area contributed by atoms with Gasteiger partial charge < -0.3 is 19.4 Å². The van der Waals surface area contributed by atoms with Gasteiger partial charge in [-0.3, -0.25) is 14.5 Å². The van der Waals surface area contributed by atoms with E-state index >= 15 is 0 Å². The lowest BCUT2D eigenvalue weighted by atomic mass is 10.1. The first-order valence-electron chi connectivity index (χ1n) is 9.10. The summed E-state index contributed by atoms with van der Waals surface area (Å²) in [7, 11) is 1.64. The summed E-state index contributed by atoms with van der Waals surface area (Å²) in [5, 5.41) is 2.96. The van der Waals surface area contributed by atoms with E-state index in [9.17, 15) is 9.59 Å². The lowest BCUT2D eigenvalue weighted by Crippen LogP contribution is -2.51. The molecular weight excluding hydrogens is 346 g/mol. The van der Waals surface area contributed by atoms with E-state index in [1.165, 1.54) is 6.26 Å². The Morgan fingerprint density at radius 2 is 1.96 bits per heavy atom. The molecule has 1 saturated heterocycles. The van der Waals surface area contributed by atoms with Crippen LogP contribution in [0.3, 0.4) is 0 Å². The number of piperazine rings is 1. The zero-order valence-electron chi connectivity index (χ0n) is 15.5. The lowest BCUT2D eigenvalue weighted by Gasteiger charge is -2.33. The summed E-state index contributed by atoms with van der Waals surface area (Å²) in [5.74, 6) is 1.09. The zero-order chi connectivity index (χ0) is 19.1. The van der Waals surface area contributed by atoms with Gasteiger partial charge in [0.1, 0.15) is 5.75 Å². The van der Waals surface area contributed by atoms with Gasteiger partial charge in [0.2, 0.25) is 5.91 Å². The highest BCUT2D eigenvalue weighted by molar-refractivity contribution is 5.91. The summed E-state index contributed by atoms with van der Waals surface area (Å²) in [4.78, 5) is 28.2. The van der Waals surface area contributed by atoms with Crippen LogP contribution in [0.25, 0.3) is 0 Å². The molecule has 144 valence electrons. The molecule has 0 atom stereocenters. The van der Waals surface area contributed by atoms with Gasteiger partial charge in [0.05, 0.1) is 19.9 Å². The number of hydrogen-bond acceptors (Lipinski definition) is 5. The normalized spacial score (nSPS) is 14.8. The van der Waals surface area contributed by atoms with Crippen molar-refractivity contribution in [3.63, 3.8) is 0 Å². The summed E-state index contributed by atoms with van der Waals surface area (Å²) in [6, 6.07) is 11.2. The number of nitrogens with one attached hydrogen (secondary N) is 1. The van der Waals surface area contributed by atoms with Crippen LogP contribution in [0.4, 0.5) is 0 Å². The number of amides is 2. The minimum absolute atomic E-state index is 0.00343. The van der Waals surface area contributed by atoms with Gasteiger partial charge in [0.15, 0.2) is 5.76 Å². The first-order chi connectivity index (χ1) is 13.2. The van der Waals surface area contributed by atoms with Crippen LogP contribution in [-0.2, 0) is 11.2 Å². The topological polar surface area (TPSA) is 75.0 Å². The summed E-state index contributed by atoms with van der Waals surface area (Å²) < 4.78 is 10.4. The summed E-state index contributed by atoms with van der Waals surface area (Å²) in [6.07, 6.45) is 2.26. The molecule has 1 fully saturated rings. The molecule has 1 aromatic carbocycles. The van der Waals surface area contributed by atoms with Gasteiger partial charge in [-0.2, -0.15) is 0 Å². The van der Waals surface area contributed by atoms with Gasteiger partial charge >= 0.3 is 0 Å². The molecule has 0 saturated carbocycles. The van der Waals surface area contributed by atoms with E-state index in [0.717, 1.165) is 17.7 Å². The number of methoxy groups -OCH3 is 1. The molecule has 1 N–H and O–H groups in total. The van der Waals surface area contributed by atoms with E-state index in [2.05, 4.69) is 10.2 Å². The number of rotatable bonds is 7.